The molecule has 1 aliphatic rings. The van der Waals surface area contributed by atoms with Crippen LogP contribution in [0.5, 0.6) is 0 Å². The SMILES string of the molecule is O=C([O-])/C(=C(\CC1CCCCC1)C(=O)c1ccccc1)c1ccc2nsnc2c1.[Na+]. The number of hydrogen-bond acceptors (Lipinski definition) is 6. The molecule has 0 saturated heterocycles. The number of carboxylic acid groups (broad SMARTS) is 1. The maximum Gasteiger partial charge on any atom is 1.00 e. The third-order valence-corrected chi connectivity index (χ3v) is 6.13. The van der Waals surface area contributed by atoms with Crippen LogP contribution >= 0.6 is 11.7 Å². The zero-order chi connectivity index (χ0) is 20.2. The summed E-state index contributed by atoms with van der Waals surface area (Å²) in [5, 5.41) is 12.2. The van der Waals surface area contributed by atoms with Crippen LogP contribution in [0.25, 0.3) is 16.6 Å². The first-order chi connectivity index (χ1) is 14.1. The number of nitrogens with zero attached hydrogens (tertiary/aromatic N) is 2. The molecule has 148 valence electrons. The predicted octanol–water partition coefficient (Wildman–Crippen LogP) is 1.05. The summed E-state index contributed by atoms with van der Waals surface area (Å²) >= 11 is 1.08. The van der Waals surface area contributed by atoms with Gasteiger partial charge < -0.3 is 9.90 Å². The topological polar surface area (TPSA) is 83.0 Å². The maximum atomic E-state index is 13.4. The van der Waals surface area contributed by atoms with Crippen LogP contribution < -0.4 is 34.7 Å². The Labute approximate surface area is 201 Å². The minimum absolute atomic E-state index is 0. The normalized spacial score (nSPS) is 15.3. The van der Waals surface area contributed by atoms with E-state index in [1.807, 2.05) is 6.07 Å². The molecule has 3 aromatic rings. The minimum Gasteiger partial charge on any atom is -0.545 e. The molecule has 1 aromatic heterocycles. The number of Topliss-reactive ketones (excluding diaryl/α,β-unsaturated/α-hetero) is 1. The molecule has 0 radical (unpaired) electrons. The summed E-state index contributed by atoms with van der Waals surface area (Å²) in [5.41, 5.74) is 2.56. The van der Waals surface area contributed by atoms with Gasteiger partial charge in [-0.3, -0.25) is 4.79 Å². The Morgan fingerprint density at radius 3 is 2.33 bits per heavy atom. The number of carboxylic acids is 1. The van der Waals surface area contributed by atoms with Gasteiger partial charge in [0.2, 0.25) is 0 Å². The van der Waals surface area contributed by atoms with Gasteiger partial charge in [0.25, 0.3) is 0 Å². The number of benzene rings is 2. The third kappa shape index (κ3) is 5.06. The molecule has 0 aliphatic heterocycles. The van der Waals surface area contributed by atoms with E-state index in [1.54, 1.807) is 42.5 Å². The molecule has 0 bridgehead atoms. The van der Waals surface area contributed by atoms with E-state index in [1.165, 1.54) is 6.42 Å². The molecule has 1 fully saturated rings. The number of fused-ring (bicyclic) bond motifs is 1. The van der Waals surface area contributed by atoms with Gasteiger partial charge >= 0.3 is 29.6 Å². The third-order valence-electron chi connectivity index (χ3n) is 5.58. The van der Waals surface area contributed by atoms with E-state index in [2.05, 4.69) is 8.75 Å². The zero-order valence-electron chi connectivity index (χ0n) is 17.0. The van der Waals surface area contributed by atoms with Crippen molar-refractivity contribution in [1.29, 1.82) is 0 Å². The quantitative estimate of drug-likeness (QED) is 0.333. The minimum atomic E-state index is -1.33. The summed E-state index contributed by atoms with van der Waals surface area (Å²) in [5.74, 6) is -1.26. The molecule has 0 spiro atoms. The molecule has 0 unspecified atom stereocenters. The summed E-state index contributed by atoms with van der Waals surface area (Å²) in [6, 6.07) is 14.0. The van der Waals surface area contributed by atoms with E-state index < -0.39 is 5.97 Å². The molecule has 1 aliphatic carbocycles. The van der Waals surface area contributed by atoms with Gasteiger partial charge in [0.15, 0.2) is 5.78 Å². The summed E-state index contributed by atoms with van der Waals surface area (Å²) in [4.78, 5) is 25.6. The smallest absolute Gasteiger partial charge is 0.545 e. The van der Waals surface area contributed by atoms with Gasteiger partial charge in [0, 0.05) is 16.7 Å². The molecule has 1 heterocycles. The second-order valence-electron chi connectivity index (χ2n) is 7.51. The van der Waals surface area contributed by atoms with Gasteiger partial charge in [0.1, 0.15) is 11.0 Å². The van der Waals surface area contributed by atoms with Crippen molar-refractivity contribution < 1.29 is 44.3 Å². The van der Waals surface area contributed by atoms with Crippen molar-refractivity contribution in [2.45, 2.75) is 38.5 Å². The molecule has 1 saturated carbocycles. The van der Waals surface area contributed by atoms with E-state index >= 15 is 0 Å². The Balaban J connectivity index is 0.00000256. The molecular formula is C23H21N2NaO3S. The first-order valence-corrected chi connectivity index (χ1v) is 10.6. The van der Waals surface area contributed by atoms with Gasteiger partial charge in [-0.1, -0.05) is 68.5 Å². The number of carbonyl (C=O) groups excluding carboxylic acids is 2. The van der Waals surface area contributed by atoms with E-state index in [0.29, 0.717) is 40.1 Å². The second-order valence-corrected chi connectivity index (χ2v) is 8.04. The Hall–Kier alpha value is -1.86. The van der Waals surface area contributed by atoms with Crippen LogP contribution in [-0.2, 0) is 4.79 Å². The average Bonchev–Trinajstić information content (AvgIpc) is 3.22. The molecule has 5 nitrogen and oxygen atoms in total. The zero-order valence-corrected chi connectivity index (χ0v) is 19.8. The first kappa shape index (κ1) is 22.8. The fourth-order valence-electron chi connectivity index (χ4n) is 4.10. The first-order valence-electron chi connectivity index (χ1n) is 9.90. The van der Waals surface area contributed by atoms with Crippen molar-refractivity contribution in [3.05, 3.63) is 65.2 Å². The number of rotatable bonds is 6. The van der Waals surface area contributed by atoms with Gasteiger partial charge in [-0.05, 0) is 30.0 Å². The Morgan fingerprint density at radius 2 is 1.63 bits per heavy atom. The van der Waals surface area contributed by atoms with Gasteiger partial charge in [-0.2, -0.15) is 8.75 Å². The van der Waals surface area contributed by atoms with E-state index in [4.69, 9.17) is 0 Å². The van der Waals surface area contributed by atoms with Gasteiger partial charge in [-0.15, -0.1) is 0 Å². The van der Waals surface area contributed by atoms with Crippen LogP contribution in [0.4, 0.5) is 0 Å². The molecule has 7 heteroatoms. The van der Waals surface area contributed by atoms with Crippen LogP contribution in [0.3, 0.4) is 0 Å². The molecule has 0 atom stereocenters. The summed E-state index contributed by atoms with van der Waals surface area (Å²) in [6.45, 7) is 0. The van der Waals surface area contributed by atoms with Crippen molar-refractivity contribution >= 4 is 40.1 Å². The van der Waals surface area contributed by atoms with Crippen molar-refractivity contribution in [1.82, 2.24) is 8.75 Å². The summed E-state index contributed by atoms with van der Waals surface area (Å²) in [6.07, 6.45) is 5.92. The summed E-state index contributed by atoms with van der Waals surface area (Å²) < 4.78 is 8.38. The van der Waals surface area contributed by atoms with Crippen LogP contribution in [0.1, 0.15) is 54.4 Å². The molecule has 0 N–H and O–H groups in total. The predicted molar refractivity (Wildman–Crippen MR) is 111 cm³/mol. The van der Waals surface area contributed by atoms with E-state index in [0.717, 1.165) is 37.4 Å². The number of ketones is 1. The standard InChI is InChI=1S/C23H22N2O3S.Na/c26-22(16-9-5-2-6-10-16)18(13-15-7-3-1-4-8-15)21(23(27)28)17-11-12-19-20(14-17)25-29-24-19;/h2,5-6,9-12,14-15H,1,3-4,7-8,13H2,(H,27,28);/q;+1/p-1/b21-18+;. The molecule has 0 amide bonds. The number of carbonyl (C=O) groups is 2. The second kappa shape index (κ2) is 10.4. The van der Waals surface area contributed by atoms with Crippen molar-refractivity contribution in [3.63, 3.8) is 0 Å². The van der Waals surface area contributed by atoms with Crippen molar-refractivity contribution in [3.8, 4) is 0 Å². The monoisotopic (exact) mass is 428 g/mol. The van der Waals surface area contributed by atoms with Crippen LogP contribution in [0.15, 0.2) is 54.1 Å². The fourth-order valence-corrected chi connectivity index (χ4v) is 4.62. The number of aromatic nitrogens is 2. The molecule has 4 rings (SSSR count). The van der Waals surface area contributed by atoms with Crippen LogP contribution in [0.2, 0.25) is 0 Å². The van der Waals surface area contributed by atoms with Crippen LogP contribution in [-0.4, -0.2) is 20.5 Å². The molecule has 2 aromatic carbocycles. The average molecular weight is 428 g/mol. The Bertz CT molecular complexity index is 1070. The van der Waals surface area contributed by atoms with E-state index in [9.17, 15) is 14.7 Å². The van der Waals surface area contributed by atoms with E-state index in [-0.39, 0.29) is 40.9 Å². The molecular weight excluding hydrogens is 407 g/mol. The van der Waals surface area contributed by atoms with Crippen molar-refractivity contribution in [2.75, 3.05) is 0 Å². The fraction of sp³-hybridized carbons (Fsp3) is 0.304. The Morgan fingerprint density at radius 1 is 0.933 bits per heavy atom. The maximum absolute atomic E-state index is 13.4. The van der Waals surface area contributed by atoms with Gasteiger partial charge in [0.05, 0.1) is 17.7 Å². The van der Waals surface area contributed by atoms with Crippen molar-refractivity contribution in [2.24, 2.45) is 5.92 Å². The number of hydrogen-bond donors (Lipinski definition) is 0. The van der Waals surface area contributed by atoms with Crippen LogP contribution in [0, 0.1) is 5.92 Å². The number of allylic oxidation sites excluding steroid dienone is 1. The summed E-state index contributed by atoms with van der Waals surface area (Å²) in [7, 11) is 0. The number of aliphatic carboxylic acids is 1. The largest absolute Gasteiger partial charge is 1.00 e. The van der Waals surface area contributed by atoms with Gasteiger partial charge in [-0.25, -0.2) is 0 Å². The Kier molecular flexibility index (Phi) is 7.94. The molecule has 30 heavy (non-hydrogen) atoms.